The van der Waals surface area contributed by atoms with E-state index in [9.17, 15) is 23.9 Å². The van der Waals surface area contributed by atoms with Crippen molar-refractivity contribution in [3.05, 3.63) is 35.9 Å². The number of esters is 1. The molecule has 1 aromatic carbocycles. The quantitative estimate of drug-likeness (QED) is 0.257. The molecule has 1 fully saturated rings. The van der Waals surface area contributed by atoms with Gasteiger partial charge in [-0.15, -0.1) is 0 Å². The van der Waals surface area contributed by atoms with Gasteiger partial charge < -0.3 is 25.6 Å². The Hall–Kier alpha value is -1.73. The predicted molar refractivity (Wildman–Crippen MR) is 132 cm³/mol. The summed E-state index contributed by atoms with van der Waals surface area (Å²) in [5.74, 6) is -1.96. The number of carbonyl (C=O) groups is 2. The number of amides is 1. The van der Waals surface area contributed by atoms with E-state index < -0.39 is 43.1 Å². The highest BCUT2D eigenvalue weighted by molar-refractivity contribution is 7.52. The number of benzene rings is 1. The van der Waals surface area contributed by atoms with E-state index in [2.05, 4.69) is 5.32 Å². The van der Waals surface area contributed by atoms with Crippen LogP contribution in [0.5, 0.6) is 0 Å². The molecule has 3 unspecified atom stereocenters. The topological polar surface area (TPSA) is 139 Å². The highest BCUT2D eigenvalue weighted by Crippen LogP contribution is 2.50. The molecule has 0 bridgehead atoms. The summed E-state index contributed by atoms with van der Waals surface area (Å²) in [6.45, 7) is 3.77. The van der Waals surface area contributed by atoms with Gasteiger partial charge in [0.25, 0.3) is 0 Å². The lowest BCUT2D eigenvalue weighted by molar-refractivity contribution is -0.146. The molecule has 0 radical (unpaired) electrons. The summed E-state index contributed by atoms with van der Waals surface area (Å²) in [6, 6.07) is 7.59. The van der Waals surface area contributed by atoms with E-state index in [1.165, 1.54) is 7.11 Å². The maximum atomic E-state index is 13.1. The van der Waals surface area contributed by atoms with Crippen molar-refractivity contribution in [1.29, 1.82) is 0 Å². The second-order valence-corrected chi connectivity index (χ2v) is 11.8. The second kappa shape index (κ2) is 13.4. The first-order valence-corrected chi connectivity index (χ1v) is 13.9. The summed E-state index contributed by atoms with van der Waals surface area (Å²) in [5, 5.41) is 2.86. The Kier molecular flexibility index (Phi) is 11.2. The minimum absolute atomic E-state index is 0.00418. The highest BCUT2D eigenvalue weighted by atomic mass is 31.2. The van der Waals surface area contributed by atoms with Gasteiger partial charge in [-0.05, 0) is 36.7 Å². The molecule has 9 heteroatoms. The first kappa shape index (κ1) is 28.5. The van der Waals surface area contributed by atoms with Crippen LogP contribution in [0.4, 0.5) is 0 Å². The Morgan fingerprint density at radius 1 is 1.15 bits per heavy atom. The van der Waals surface area contributed by atoms with E-state index in [0.29, 0.717) is 12.8 Å². The van der Waals surface area contributed by atoms with Crippen LogP contribution in [-0.4, -0.2) is 46.5 Å². The standard InChI is InChI=1S/C25H41N2O6P/c1-17(2)14-20(25(29)33-3)23(34(30,31)32)22(16-19-12-8-5-9-13-19)27-24(28)21(26)15-18-10-6-4-7-11-18/h4,6-7,10-11,17,19-23H,5,8-9,12-16,26H2,1-3H3,(H,27,28)(H2,30,31,32)/t20?,21-,22?,23?/m0/s1. The first-order chi connectivity index (χ1) is 16.0. The fraction of sp³-hybridized carbons (Fsp3) is 0.680. The number of hydrogen-bond donors (Lipinski definition) is 4. The largest absolute Gasteiger partial charge is 0.469 e. The van der Waals surface area contributed by atoms with Crippen molar-refractivity contribution < 1.29 is 28.7 Å². The fourth-order valence-corrected chi connectivity index (χ4v) is 6.48. The van der Waals surface area contributed by atoms with Gasteiger partial charge in [0.1, 0.15) is 0 Å². The van der Waals surface area contributed by atoms with Crippen molar-refractivity contribution in [2.45, 2.75) is 83.0 Å². The maximum absolute atomic E-state index is 13.1. The van der Waals surface area contributed by atoms with E-state index in [4.69, 9.17) is 10.5 Å². The third-order valence-corrected chi connectivity index (χ3v) is 8.21. The van der Waals surface area contributed by atoms with Crippen LogP contribution in [0.3, 0.4) is 0 Å². The predicted octanol–water partition coefficient (Wildman–Crippen LogP) is 3.39. The molecular formula is C25H41N2O6P. The van der Waals surface area contributed by atoms with Crippen LogP contribution >= 0.6 is 7.60 Å². The van der Waals surface area contributed by atoms with Gasteiger partial charge in [0.05, 0.1) is 24.7 Å². The number of nitrogens with two attached hydrogens (primary N) is 1. The molecule has 8 nitrogen and oxygen atoms in total. The second-order valence-electron chi connectivity index (χ2n) is 9.99. The minimum Gasteiger partial charge on any atom is -0.469 e. The molecule has 34 heavy (non-hydrogen) atoms. The van der Waals surface area contributed by atoms with E-state index in [1.54, 1.807) is 0 Å². The molecule has 0 aromatic heterocycles. The van der Waals surface area contributed by atoms with Crippen LogP contribution in [0.25, 0.3) is 0 Å². The summed E-state index contributed by atoms with van der Waals surface area (Å²) >= 11 is 0. The van der Waals surface area contributed by atoms with E-state index in [-0.39, 0.29) is 18.3 Å². The summed E-state index contributed by atoms with van der Waals surface area (Å²) in [6.07, 6.45) is 6.04. The lowest BCUT2D eigenvalue weighted by Crippen LogP contribution is -2.54. The van der Waals surface area contributed by atoms with Crippen LogP contribution in [0.1, 0.15) is 64.4 Å². The molecule has 1 aliphatic carbocycles. The molecule has 192 valence electrons. The zero-order valence-corrected chi connectivity index (χ0v) is 21.5. The molecule has 0 saturated heterocycles. The zero-order chi connectivity index (χ0) is 25.3. The monoisotopic (exact) mass is 496 g/mol. The number of rotatable bonds is 12. The molecule has 4 atom stereocenters. The number of nitrogens with one attached hydrogen (secondary N) is 1. The van der Waals surface area contributed by atoms with Gasteiger partial charge in [0.15, 0.2) is 0 Å². The van der Waals surface area contributed by atoms with Crippen molar-refractivity contribution in [3.63, 3.8) is 0 Å². The SMILES string of the molecule is COC(=O)C(CC(C)C)C(C(CC1CCCCC1)NC(=O)[C@@H](N)Cc1ccccc1)P(=O)(O)O. The van der Waals surface area contributed by atoms with E-state index in [1.807, 2.05) is 44.2 Å². The third kappa shape index (κ3) is 8.81. The van der Waals surface area contributed by atoms with Gasteiger partial charge in [-0.2, -0.15) is 0 Å². The van der Waals surface area contributed by atoms with Crippen LogP contribution in [0.2, 0.25) is 0 Å². The van der Waals surface area contributed by atoms with Gasteiger partial charge in [-0.1, -0.05) is 76.3 Å². The Bertz CT molecular complexity index is 822. The number of hydrogen-bond acceptors (Lipinski definition) is 5. The summed E-state index contributed by atoms with van der Waals surface area (Å²) in [7, 11) is -3.57. The minimum atomic E-state index is -4.79. The molecule has 1 aromatic rings. The molecule has 2 rings (SSSR count). The van der Waals surface area contributed by atoms with Crippen molar-refractivity contribution in [3.8, 4) is 0 Å². The summed E-state index contributed by atoms with van der Waals surface area (Å²) in [4.78, 5) is 46.6. The first-order valence-electron chi connectivity index (χ1n) is 12.3. The zero-order valence-electron chi connectivity index (χ0n) is 20.6. The van der Waals surface area contributed by atoms with E-state index in [0.717, 1.165) is 37.7 Å². The number of methoxy groups -OCH3 is 1. The maximum Gasteiger partial charge on any atom is 0.331 e. The van der Waals surface area contributed by atoms with Crippen LogP contribution in [0, 0.1) is 17.8 Å². The fourth-order valence-electron chi connectivity index (χ4n) is 5.10. The normalized spacial score (nSPS) is 18.7. The molecule has 0 heterocycles. The van der Waals surface area contributed by atoms with Crippen molar-refractivity contribution >= 4 is 19.5 Å². The summed E-state index contributed by atoms with van der Waals surface area (Å²) < 4.78 is 17.7. The Morgan fingerprint density at radius 2 is 1.76 bits per heavy atom. The third-order valence-electron chi connectivity index (χ3n) is 6.72. The summed E-state index contributed by atoms with van der Waals surface area (Å²) in [5.41, 5.74) is 5.70. The van der Waals surface area contributed by atoms with Gasteiger partial charge >= 0.3 is 13.6 Å². The molecule has 0 spiro atoms. The van der Waals surface area contributed by atoms with Crippen LogP contribution in [0.15, 0.2) is 30.3 Å². The molecule has 0 aliphatic heterocycles. The lowest BCUT2D eigenvalue weighted by Gasteiger charge is -2.37. The number of carbonyl (C=O) groups excluding carboxylic acids is 2. The van der Waals surface area contributed by atoms with E-state index >= 15 is 0 Å². The Morgan fingerprint density at radius 3 is 2.29 bits per heavy atom. The highest BCUT2D eigenvalue weighted by Gasteiger charge is 2.47. The Labute approximate surface area is 203 Å². The van der Waals surface area contributed by atoms with Gasteiger partial charge in [0.2, 0.25) is 5.91 Å². The molecule has 1 amide bonds. The molecule has 5 N–H and O–H groups in total. The average Bonchev–Trinajstić information content (AvgIpc) is 2.78. The van der Waals surface area contributed by atoms with Crippen molar-refractivity contribution in [1.82, 2.24) is 5.32 Å². The van der Waals surface area contributed by atoms with Crippen molar-refractivity contribution in [2.24, 2.45) is 23.5 Å². The van der Waals surface area contributed by atoms with Gasteiger partial charge in [-0.25, -0.2) is 0 Å². The van der Waals surface area contributed by atoms with Crippen molar-refractivity contribution in [2.75, 3.05) is 7.11 Å². The molecule has 1 saturated carbocycles. The smallest absolute Gasteiger partial charge is 0.331 e. The molecule has 1 aliphatic rings. The average molecular weight is 497 g/mol. The van der Waals surface area contributed by atoms with Crippen LogP contribution < -0.4 is 11.1 Å². The van der Waals surface area contributed by atoms with Gasteiger partial charge in [-0.3, -0.25) is 14.2 Å². The Balaban J connectivity index is 2.34. The van der Waals surface area contributed by atoms with Gasteiger partial charge in [0, 0.05) is 6.04 Å². The molecular weight excluding hydrogens is 455 g/mol. The van der Waals surface area contributed by atoms with Crippen LogP contribution in [-0.2, 0) is 25.3 Å². The lowest BCUT2D eigenvalue weighted by atomic mass is 9.81. The number of ether oxygens (including phenoxy) is 1.